The largest absolute Gasteiger partial charge is 0.325 e. The molecule has 18 heavy (non-hydrogen) atoms. The van der Waals surface area contributed by atoms with Gasteiger partial charge in [0.25, 0.3) is 0 Å². The van der Waals surface area contributed by atoms with Gasteiger partial charge in [-0.15, -0.1) is 6.42 Å². The fourth-order valence-electron chi connectivity index (χ4n) is 1.48. The maximum Gasteiger partial charge on any atom is 0.221 e. The molecule has 0 spiro atoms. The van der Waals surface area contributed by atoms with Crippen LogP contribution in [0.1, 0.15) is 18.1 Å². The Labute approximate surface area is 110 Å². The van der Waals surface area contributed by atoms with Gasteiger partial charge in [0.05, 0.1) is 16.7 Å². The van der Waals surface area contributed by atoms with Crippen LogP contribution in [0, 0.1) is 12.3 Å². The average Bonchev–Trinajstić information content (AvgIpc) is 2.36. The maximum absolute atomic E-state index is 11.3. The third kappa shape index (κ3) is 4.32. The smallest absolute Gasteiger partial charge is 0.221 e. The van der Waals surface area contributed by atoms with E-state index < -0.39 is 11.0 Å². The van der Waals surface area contributed by atoms with Crippen molar-refractivity contribution < 1.29 is 9.00 Å². The van der Waals surface area contributed by atoms with Crippen LogP contribution in [0.15, 0.2) is 18.2 Å². The fraction of sp³-hybridized carbons (Fsp3) is 0.308. The number of hydrogen-bond donors (Lipinski definition) is 2. The minimum atomic E-state index is -1.02. The number of benzene rings is 1. The van der Waals surface area contributed by atoms with E-state index in [1.165, 1.54) is 6.92 Å². The van der Waals surface area contributed by atoms with Gasteiger partial charge in [-0.2, -0.15) is 0 Å². The van der Waals surface area contributed by atoms with E-state index in [2.05, 4.69) is 16.0 Å². The lowest BCUT2D eigenvalue weighted by molar-refractivity contribution is -0.114. The van der Waals surface area contributed by atoms with E-state index in [9.17, 15) is 9.00 Å². The summed E-state index contributed by atoms with van der Waals surface area (Å²) in [5, 5.41) is 2.67. The molecule has 0 aliphatic carbocycles. The van der Waals surface area contributed by atoms with Crippen molar-refractivity contribution in [1.29, 1.82) is 0 Å². The first-order chi connectivity index (χ1) is 8.56. The molecule has 1 aromatic carbocycles. The zero-order valence-electron chi connectivity index (χ0n) is 10.4. The second-order valence-corrected chi connectivity index (χ2v) is 5.22. The number of aryl methyl sites for hydroxylation is 1. The molecule has 0 radical (unpaired) electrons. The van der Waals surface area contributed by atoms with Gasteiger partial charge in [-0.25, -0.2) is 8.93 Å². The number of nitrogens with one attached hydrogen (secondary N) is 2. The van der Waals surface area contributed by atoms with Crippen molar-refractivity contribution in [3.05, 3.63) is 29.3 Å². The van der Waals surface area contributed by atoms with E-state index in [0.29, 0.717) is 23.4 Å². The first kappa shape index (κ1) is 14.4. The zero-order chi connectivity index (χ0) is 13.5. The molecule has 1 rings (SSSR count). The van der Waals surface area contributed by atoms with Crippen LogP contribution in [-0.2, 0) is 22.2 Å². The molecule has 96 valence electrons. The summed E-state index contributed by atoms with van der Waals surface area (Å²) in [4.78, 5) is 11.0. The molecule has 0 saturated heterocycles. The molecule has 0 aliphatic rings. The summed E-state index contributed by atoms with van der Waals surface area (Å²) < 4.78 is 13.9. The Morgan fingerprint density at radius 1 is 1.50 bits per heavy atom. The first-order valence-corrected chi connectivity index (χ1v) is 6.81. The number of terminal acetylenes is 1. The van der Waals surface area contributed by atoms with E-state index in [1.807, 2.05) is 12.1 Å². The monoisotopic (exact) mass is 264 g/mol. The standard InChI is InChI=1S/C13H16N2O2S/c1-4-12-9-11(7-8-18(17)14-3)5-6-13(12)15-10(2)16/h1,5-6,9,14H,7-8H2,2-3H3,(H,15,16). The van der Waals surface area contributed by atoms with Crippen molar-refractivity contribution in [2.45, 2.75) is 13.3 Å². The van der Waals surface area contributed by atoms with Crippen LogP contribution in [0.25, 0.3) is 0 Å². The average molecular weight is 264 g/mol. The Morgan fingerprint density at radius 3 is 2.78 bits per heavy atom. The quantitative estimate of drug-likeness (QED) is 0.781. The van der Waals surface area contributed by atoms with Crippen LogP contribution in [0.5, 0.6) is 0 Å². The highest BCUT2D eigenvalue weighted by atomic mass is 32.2. The molecule has 5 heteroatoms. The molecular weight excluding hydrogens is 248 g/mol. The predicted molar refractivity (Wildman–Crippen MR) is 74.5 cm³/mol. The molecule has 0 saturated carbocycles. The number of carbonyl (C=O) groups excluding carboxylic acids is 1. The van der Waals surface area contributed by atoms with Gasteiger partial charge >= 0.3 is 0 Å². The van der Waals surface area contributed by atoms with Gasteiger partial charge in [0.15, 0.2) is 0 Å². The Bertz CT molecular complexity index is 506. The van der Waals surface area contributed by atoms with Crippen LogP contribution in [0.4, 0.5) is 5.69 Å². The molecule has 4 nitrogen and oxygen atoms in total. The van der Waals surface area contributed by atoms with Crippen molar-refractivity contribution in [3.8, 4) is 12.3 Å². The van der Waals surface area contributed by atoms with Crippen LogP contribution in [0.3, 0.4) is 0 Å². The summed E-state index contributed by atoms with van der Waals surface area (Å²) in [5.74, 6) is 2.91. The van der Waals surface area contributed by atoms with Gasteiger partial charge in [-0.05, 0) is 31.2 Å². The number of amides is 1. The third-order valence-corrected chi connectivity index (χ3v) is 3.38. The molecule has 0 bridgehead atoms. The number of carbonyl (C=O) groups is 1. The normalized spacial score (nSPS) is 11.6. The Kier molecular flexibility index (Phi) is 5.56. The molecule has 0 aromatic heterocycles. The molecule has 2 N–H and O–H groups in total. The van der Waals surface area contributed by atoms with E-state index in [0.717, 1.165) is 5.56 Å². The van der Waals surface area contributed by atoms with E-state index in [-0.39, 0.29) is 5.91 Å². The van der Waals surface area contributed by atoms with Crippen LogP contribution in [0.2, 0.25) is 0 Å². The van der Waals surface area contributed by atoms with Gasteiger partial charge in [0, 0.05) is 18.2 Å². The van der Waals surface area contributed by atoms with Gasteiger partial charge in [-0.1, -0.05) is 12.0 Å². The highest BCUT2D eigenvalue weighted by Crippen LogP contribution is 2.17. The Hall–Kier alpha value is -1.64. The molecule has 1 aromatic rings. The van der Waals surface area contributed by atoms with Crippen molar-refractivity contribution in [2.24, 2.45) is 0 Å². The summed E-state index contributed by atoms with van der Waals surface area (Å²) in [6.45, 7) is 1.43. The summed E-state index contributed by atoms with van der Waals surface area (Å²) in [6.07, 6.45) is 6.07. The van der Waals surface area contributed by atoms with Crippen LogP contribution >= 0.6 is 0 Å². The predicted octanol–water partition coefficient (Wildman–Crippen LogP) is 1.05. The summed E-state index contributed by atoms with van der Waals surface area (Å²) >= 11 is 0. The minimum absolute atomic E-state index is 0.157. The van der Waals surface area contributed by atoms with E-state index >= 15 is 0 Å². The summed E-state index contributed by atoms with van der Waals surface area (Å²) in [5.41, 5.74) is 2.27. The van der Waals surface area contributed by atoms with E-state index in [4.69, 9.17) is 6.42 Å². The Balaban J connectivity index is 2.82. The van der Waals surface area contributed by atoms with Crippen molar-refractivity contribution in [2.75, 3.05) is 18.1 Å². The highest BCUT2D eigenvalue weighted by Gasteiger charge is 2.04. The van der Waals surface area contributed by atoms with Crippen molar-refractivity contribution in [3.63, 3.8) is 0 Å². The fourth-order valence-corrected chi connectivity index (χ4v) is 2.10. The van der Waals surface area contributed by atoms with Gasteiger partial charge < -0.3 is 5.32 Å². The van der Waals surface area contributed by atoms with Crippen LogP contribution in [-0.4, -0.2) is 22.9 Å². The highest BCUT2D eigenvalue weighted by molar-refractivity contribution is 7.82. The SMILES string of the molecule is C#Cc1cc(CCS(=O)NC)ccc1NC(C)=O. The maximum atomic E-state index is 11.3. The molecule has 1 unspecified atom stereocenters. The molecule has 1 atom stereocenters. The number of anilines is 1. The second kappa shape index (κ2) is 6.94. The van der Waals surface area contributed by atoms with Gasteiger partial charge in [0.1, 0.15) is 0 Å². The third-order valence-electron chi connectivity index (χ3n) is 2.35. The summed E-state index contributed by atoms with van der Waals surface area (Å²) in [7, 11) is 0.634. The molecule has 0 heterocycles. The van der Waals surface area contributed by atoms with Crippen molar-refractivity contribution in [1.82, 2.24) is 4.72 Å². The number of rotatable bonds is 5. The van der Waals surface area contributed by atoms with E-state index in [1.54, 1.807) is 13.1 Å². The molecule has 0 aliphatic heterocycles. The molecule has 0 fully saturated rings. The lowest BCUT2D eigenvalue weighted by Gasteiger charge is -2.08. The summed E-state index contributed by atoms with van der Waals surface area (Å²) in [6, 6.07) is 5.48. The van der Waals surface area contributed by atoms with Gasteiger partial charge in [-0.3, -0.25) is 4.79 Å². The topological polar surface area (TPSA) is 58.2 Å². The first-order valence-electron chi connectivity index (χ1n) is 5.49. The molecule has 1 amide bonds. The second-order valence-electron chi connectivity index (χ2n) is 3.71. The lowest BCUT2D eigenvalue weighted by Crippen LogP contribution is -2.15. The van der Waals surface area contributed by atoms with Gasteiger partial charge in [0.2, 0.25) is 5.91 Å². The lowest BCUT2D eigenvalue weighted by atomic mass is 10.1. The minimum Gasteiger partial charge on any atom is -0.325 e. The van der Waals surface area contributed by atoms with Crippen molar-refractivity contribution >= 4 is 22.6 Å². The Morgan fingerprint density at radius 2 is 2.22 bits per heavy atom. The molecular formula is C13H16N2O2S. The van der Waals surface area contributed by atoms with Crippen LogP contribution < -0.4 is 10.0 Å². The number of hydrogen-bond acceptors (Lipinski definition) is 2. The zero-order valence-corrected chi connectivity index (χ0v) is 11.3.